The van der Waals surface area contributed by atoms with Crippen LogP contribution in [-0.2, 0) is 0 Å². The Bertz CT molecular complexity index is 568. The lowest BCUT2D eigenvalue weighted by Gasteiger charge is -2.18. The molecule has 1 aliphatic rings. The molecule has 1 saturated heterocycles. The number of hydrogen-bond donors (Lipinski definition) is 0. The number of anilines is 1. The van der Waals surface area contributed by atoms with Crippen LogP contribution in [-0.4, -0.2) is 18.1 Å². The second kappa shape index (κ2) is 5.33. The first kappa shape index (κ1) is 12.7. The van der Waals surface area contributed by atoms with Gasteiger partial charge in [-0.3, -0.25) is 0 Å². The highest BCUT2D eigenvalue weighted by atomic mass is 79.9. The van der Waals surface area contributed by atoms with Gasteiger partial charge in [-0.1, -0.05) is 30.3 Å². The van der Waals surface area contributed by atoms with Gasteiger partial charge < -0.3 is 4.90 Å². The van der Waals surface area contributed by atoms with E-state index in [4.69, 9.17) is 0 Å². The van der Waals surface area contributed by atoms with E-state index in [-0.39, 0.29) is 0 Å². The molecule has 3 rings (SSSR count). The Kier molecular flexibility index (Phi) is 3.56. The first-order valence-electron chi connectivity index (χ1n) is 6.67. The smallest absolute Gasteiger partial charge is 0.128 e. The van der Waals surface area contributed by atoms with Crippen LogP contribution in [0.3, 0.4) is 0 Å². The molecule has 2 nitrogen and oxygen atoms in total. The molecule has 0 saturated carbocycles. The summed E-state index contributed by atoms with van der Waals surface area (Å²) in [6.07, 6.45) is 1.21. The van der Waals surface area contributed by atoms with Crippen molar-refractivity contribution in [2.24, 2.45) is 0 Å². The van der Waals surface area contributed by atoms with Gasteiger partial charge in [-0.2, -0.15) is 0 Å². The molecule has 0 amide bonds. The molecule has 1 fully saturated rings. The van der Waals surface area contributed by atoms with Crippen LogP contribution in [0.4, 0.5) is 5.82 Å². The maximum absolute atomic E-state index is 4.66. The third-order valence-electron chi connectivity index (χ3n) is 3.79. The standard InChI is InChI=1S/C16H17BrN2/c1-12-15(17)7-8-16(18-12)19-10-9-14(11-19)13-5-3-2-4-6-13/h2-8,14H,9-11H2,1H3. The monoisotopic (exact) mass is 316 g/mol. The highest BCUT2D eigenvalue weighted by molar-refractivity contribution is 9.10. The summed E-state index contributed by atoms with van der Waals surface area (Å²) in [5.41, 5.74) is 2.50. The molecule has 1 aromatic heterocycles. The zero-order valence-electron chi connectivity index (χ0n) is 11.0. The van der Waals surface area contributed by atoms with Crippen LogP contribution in [0.15, 0.2) is 46.9 Å². The molecule has 2 heterocycles. The molecule has 1 atom stereocenters. The van der Waals surface area contributed by atoms with E-state index < -0.39 is 0 Å². The van der Waals surface area contributed by atoms with Gasteiger partial charge in [0.25, 0.3) is 0 Å². The van der Waals surface area contributed by atoms with E-state index in [1.165, 1.54) is 12.0 Å². The van der Waals surface area contributed by atoms with E-state index >= 15 is 0 Å². The normalized spacial score (nSPS) is 18.8. The number of halogens is 1. The van der Waals surface area contributed by atoms with Crippen molar-refractivity contribution in [2.45, 2.75) is 19.3 Å². The third-order valence-corrected chi connectivity index (χ3v) is 4.63. The van der Waals surface area contributed by atoms with Crippen LogP contribution in [0.1, 0.15) is 23.6 Å². The van der Waals surface area contributed by atoms with Crippen LogP contribution in [0, 0.1) is 6.92 Å². The van der Waals surface area contributed by atoms with Crippen LogP contribution in [0.25, 0.3) is 0 Å². The van der Waals surface area contributed by atoms with Gasteiger partial charge in [-0.05, 0) is 47.0 Å². The SMILES string of the molecule is Cc1nc(N2CCC(c3ccccc3)C2)ccc1Br. The maximum Gasteiger partial charge on any atom is 0.128 e. The van der Waals surface area contributed by atoms with Crippen LogP contribution >= 0.6 is 15.9 Å². The first-order chi connectivity index (χ1) is 9.24. The van der Waals surface area contributed by atoms with Gasteiger partial charge in [0.15, 0.2) is 0 Å². The van der Waals surface area contributed by atoms with E-state index in [9.17, 15) is 0 Å². The van der Waals surface area contributed by atoms with E-state index in [0.717, 1.165) is 29.1 Å². The molecule has 1 unspecified atom stereocenters. The molecule has 98 valence electrons. The molecule has 19 heavy (non-hydrogen) atoms. The Hall–Kier alpha value is -1.35. The number of hydrogen-bond acceptors (Lipinski definition) is 2. The molecule has 0 bridgehead atoms. The number of rotatable bonds is 2. The summed E-state index contributed by atoms with van der Waals surface area (Å²) in [7, 11) is 0. The lowest BCUT2D eigenvalue weighted by Crippen LogP contribution is -2.20. The molecule has 3 heteroatoms. The van der Waals surface area contributed by atoms with Crippen molar-refractivity contribution in [2.75, 3.05) is 18.0 Å². The van der Waals surface area contributed by atoms with Crippen molar-refractivity contribution in [1.29, 1.82) is 0 Å². The van der Waals surface area contributed by atoms with Gasteiger partial charge in [0.1, 0.15) is 5.82 Å². The van der Waals surface area contributed by atoms with Gasteiger partial charge in [0.05, 0.1) is 5.69 Å². The highest BCUT2D eigenvalue weighted by Gasteiger charge is 2.24. The summed E-state index contributed by atoms with van der Waals surface area (Å²) < 4.78 is 1.08. The predicted octanol–water partition coefficient (Wildman–Crippen LogP) is 4.15. The molecule has 2 aromatic rings. The zero-order valence-corrected chi connectivity index (χ0v) is 12.6. The molecule has 1 aliphatic heterocycles. The molecular formula is C16H17BrN2. The molecule has 0 spiro atoms. The summed E-state index contributed by atoms with van der Waals surface area (Å²) in [6, 6.07) is 15.0. The fraction of sp³-hybridized carbons (Fsp3) is 0.312. The predicted molar refractivity (Wildman–Crippen MR) is 82.7 cm³/mol. The van der Waals surface area contributed by atoms with E-state index in [1.807, 2.05) is 6.92 Å². The van der Waals surface area contributed by atoms with E-state index in [0.29, 0.717) is 5.92 Å². The van der Waals surface area contributed by atoms with Crippen molar-refractivity contribution in [3.05, 3.63) is 58.2 Å². The Morgan fingerprint density at radius 2 is 1.95 bits per heavy atom. The average molecular weight is 317 g/mol. The minimum atomic E-state index is 0.631. The number of aryl methyl sites for hydroxylation is 1. The van der Waals surface area contributed by atoms with Crippen LogP contribution < -0.4 is 4.90 Å². The minimum Gasteiger partial charge on any atom is -0.356 e. The van der Waals surface area contributed by atoms with Gasteiger partial charge >= 0.3 is 0 Å². The Labute approximate surface area is 122 Å². The van der Waals surface area contributed by atoms with Gasteiger partial charge in [-0.15, -0.1) is 0 Å². The number of aromatic nitrogens is 1. The van der Waals surface area contributed by atoms with Gasteiger partial charge in [0.2, 0.25) is 0 Å². The van der Waals surface area contributed by atoms with Gasteiger partial charge in [0, 0.05) is 23.5 Å². The lowest BCUT2D eigenvalue weighted by atomic mass is 9.99. The quantitative estimate of drug-likeness (QED) is 0.827. The Morgan fingerprint density at radius 1 is 1.16 bits per heavy atom. The molecule has 0 radical (unpaired) electrons. The number of nitrogens with zero attached hydrogens (tertiary/aromatic N) is 2. The average Bonchev–Trinajstić information content (AvgIpc) is 2.93. The van der Waals surface area contributed by atoms with Crippen molar-refractivity contribution >= 4 is 21.7 Å². The zero-order chi connectivity index (χ0) is 13.2. The number of benzene rings is 1. The van der Waals surface area contributed by atoms with Crippen molar-refractivity contribution in [3.8, 4) is 0 Å². The largest absolute Gasteiger partial charge is 0.356 e. The summed E-state index contributed by atoms with van der Waals surface area (Å²) in [4.78, 5) is 7.05. The van der Waals surface area contributed by atoms with Crippen LogP contribution in [0.5, 0.6) is 0 Å². The van der Waals surface area contributed by atoms with Crippen molar-refractivity contribution in [1.82, 2.24) is 4.98 Å². The summed E-state index contributed by atoms with van der Waals surface area (Å²) >= 11 is 3.51. The second-order valence-electron chi connectivity index (χ2n) is 5.08. The first-order valence-corrected chi connectivity index (χ1v) is 7.46. The van der Waals surface area contributed by atoms with Crippen molar-refractivity contribution in [3.63, 3.8) is 0 Å². The summed E-state index contributed by atoms with van der Waals surface area (Å²) in [5, 5.41) is 0. The fourth-order valence-corrected chi connectivity index (χ4v) is 2.89. The minimum absolute atomic E-state index is 0.631. The topological polar surface area (TPSA) is 16.1 Å². The second-order valence-corrected chi connectivity index (χ2v) is 5.93. The molecule has 0 aliphatic carbocycles. The third kappa shape index (κ3) is 2.66. The van der Waals surface area contributed by atoms with E-state index in [2.05, 4.69) is 68.3 Å². The van der Waals surface area contributed by atoms with Crippen molar-refractivity contribution < 1.29 is 0 Å². The molecule has 1 aromatic carbocycles. The molecular weight excluding hydrogens is 300 g/mol. The molecule has 0 N–H and O–H groups in total. The summed E-state index contributed by atoms with van der Waals surface area (Å²) in [6.45, 7) is 4.20. The van der Waals surface area contributed by atoms with Crippen LogP contribution in [0.2, 0.25) is 0 Å². The maximum atomic E-state index is 4.66. The lowest BCUT2D eigenvalue weighted by molar-refractivity contribution is 0.774. The van der Waals surface area contributed by atoms with E-state index in [1.54, 1.807) is 0 Å². The Balaban J connectivity index is 1.77. The summed E-state index contributed by atoms with van der Waals surface area (Å²) in [5.74, 6) is 1.73. The van der Waals surface area contributed by atoms with Gasteiger partial charge in [-0.25, -0.2) is 4.98 Å². The Morgan fingerprint density at radius 3 is 2.68 bits per heavy atom. The highest BCUT2D eigenvalue weighted by Crippen LogP contribution is 2.30. The number of pyridine rings is 1. The fourth-order valence-electron chi connectivity index (χ4n) is 2.67.